The Morgan fingerprint density at radius 2 is 1.91 bits per heavy atom. The van der Waals surface area contributed by atoms with Crippen LogP contribution in [0.15, 0.2) is 18.2 Å². The van der Waals surface area contributed by atoms with E-state index in [0.717, 1.165) is 11.1 Å². The first kappa shape index (κ1) is 7.99. The largest absolute Gasteiger partial charge is 0.295 e. The van der Waals surface area contributed by atoms with Gasteiger partial charge in [0.25, 0.3) is 0 Å². The van der Waals surface area contributed by atoms with Gasteiger partial charge in [-0.25, -0.2) is 0 Å². The van der Waals surface area contributed by atoms with Crippen molar-refractivity contribution in [2.24, 2.45) is 0 Å². The maximum absolute atomic E-state index is 11.0. The number of carbonyl (C=O) groups excluding carboxylic acids is 1. The van der Waals surface area contributed by atoms with E-state index in [1.807, 2.05) is 32.0 Å². The standard InChI is InChI=1S/C10H12O/c1-7-5-4-6-10(8(7)2)9(3)11/h4-6H,1-3H3. The van der Waals surface area contributed by atoms with Crippen molar-refractivity contribution in [1.82, 2.24) is 0 Å². The Labute approximate surface area is 67.1 Å². The molecule has 11 heavy (non-hydrogen) atoms. The lowest BCUT2D eigenvalue weighted by Gasteiger charge is -2.03. The lowest BCUT2D eigenvalue weighted by atomic mass is 10.0. The van der Waals surface area contributed by atoms with Gasteiger partial charge < -0.3 is 0 Å². The Hall–Kier alpha value is -1.11. The highest BCUT2D eigenvalue weighted by molar-refractivity contribution is 5.95. The molecule has 0 atom stereocenters. The molecule has 1 nitrogen and oxygen atoms in total. The molecular formula is C10H12O. The lowest BCUT2D eigenvalue weighted by Crippen LogP contribution is -1.96. The van der Waals surface area contributed by atoms with Gasteiger partial charge in [0.05, 0.1) is 0 Å². The number of benzene rings is 1. The van der Waals surface area contributed by atoms with Gasteiger partial charge in [0.1, 0.15) is 0 Å². The Balaban J connectivity index is 3.27. The number of hydrogen-bond donors (Lipinski definition) is 0. The Morgan fingerprint density at radius 3 is 2.36 bits per heavy atom. The van der Waals surface area contributed by atoms with Crippen LogP contribution in [0.3, 0.4) is 0 Å². The maximum atomic E-state index is 11.0. The molecule has 1 rings (SSSR count). The van der Waals surface area contributed by atoms with Gasteiger partial charge in [-0.05, 0) is 31.9 Å². The normalized spacial score (nSPS) is 9.73. The third kappa shape index (κ3) is 1.48. The second-order valence-corrected chi connectivity index (χ2v) is 2.80. The van der Waals surface area contributed by atoms with Crippen LogP contribution in [-0.2, 0) is 0 Å². The SMILES string of the molecule is CC(=O)c1cccc(C)c1C. The highest BCUT2D eigenvalue weighted by Crippen LogP contribution is 2.12. The molecule has 0 aliphatic carbocycles. The van der Waals surface area contributed by atoms with Gasteiger partial charge in [-0.1, -0.05) is 18.2 Å². The van der Waals surface area contributed by atoms with Crippen LogP contribution in [0.2, 0.25) is 0 Å². The maximum Gasteiger partial charge on any atom is 0.160 e. The molecule has 0 saturated carbocycles. The zero-order valence-electron chi connectivity index (χ0n) is 7.14. The number of ketones is 1. The van der Waals surface area contributed by atoms with Crippen LogP contribution < -0.4 is 0 Å². The van der Waals surface area contributed by atoms with Crippen molar-refractivity contribution in [3.8, 4) is 0 Å². The lowest BCUT2D eigenvalue weighted by molar-refractivity contribution is 0.101. The molecule has 0 amide bonds. The molecule has 0 spiro atoms. The summed E-state index contributed by atoms with van der Waals surface area (Å²) < 4.78 is 0. The number of hydrogen-bond acceptors (Lipinski definition) is 1. The van der Waals surface area contributed by atoms with Crippen molar-refractivity contribution in [2.75, 3.05) is 0 Å². The quantitative estimate of drug-likeness (QED) is 0.559. The van der Waals surface area contributed by atoms with Gasteiger partial charge in [0.15, 0.2) is 5.78 Å². The van der Waals surface area contributed by atoms with E-state index < -0.39 is 0 Å². The third-order valence-corrected chi connectivity index (χ3v) is 1.98. The summed E-state index contributed by atoms with van der Waals surface area (Å²) in [5, 5.41) is 0. The summed E-state index contributed by atoms with van der Waals surface area (Å²) in [6.45, 7) is 5.59. The number of Topliss-reactive ketones (excluding diaryl/α,β-unsaturated/α-hetero) is 1. The van der Waals surface area contributed by atoms with Gasteiger partial charge in [-0.15, -0.1) is 0 Å². The smallest absolute Gasteiger partial charge is 0.160 e. The molecular weight excluding hydrogens is 136 g/mol. The van der Waals surface area contributed by atoms with E-state index in [1.54, 1.807) is 6.92 Å². The monoisotopic (exact) mass is 148 g/mol. The average molecular weight is 148 g/mol. The molecule has 0 bridgehead atoms. The van der Waals surface area contributed by atoms with Gasteiger partial charge in [0, 0.05) is 5.56 Å². The van der Waals surface area contributed by atoms with Crippen molar-refractivity contribution < 1.29 is 4.79 Å². The Bertz CT molecular complexity index is 287. The minimum Gasteiger partial charge on any atom is -0.295 e. The van der Waals surface area contributed by atoms with E-state index in [2.05, 4.69) is 0 Å². The zero-order chi connectivity index (χ0) is 8.43. The number of carbonyl (C=O) groups is 1. The summed E-state index contributed by atoms with van der Waals surface area (Å²) >= 11 is 0. The molecule has 0 saturated heterocycles. The second kappa shape index (κ2) is 2.87. The molecule has 1 aromatic carbocycles. The van der Waals surface area contributed by atoms with Crippen LogP contribution in [0.4, 0.5) is 0 Å². The van der Waals surface area contributed by atoms with Crippen molar-refractivity contribution in [3.05, 3.63) is 34.9 Å². The fourth-order valence-electron chi connectivity index (χ4n) is 1.13. The fourth-order valence-corrected chi connectivity index (χ4v) is 1.13. The number of aryl methyl sites for hydroxylation is 1. The minimum atomic E-state index is 0.145. The summed E-state index contributed by atoms with van der Waals surface area (Å²) in [6.07, 6.45) is 0. The third-order valence-electron chi connectivity index (χ3n) is 1.98. The van der Waals surface area contributed by atoms with Crippen LogP contribution in [0, 0.1) is 13.8 Å². The molecule has 58 valence electrons. The van der Waals surface area contributed by atoms with Crippen molar-refractivity contribution in [2.45, 2.75) is 20.8 Å². The van der Waals surface area contributed by atoms with Gasteiger partial charge in [-0.2, -0.15) is 0 Å². The molecule has 0 fully saturated rings. The summed E-state index contributed by atoms with van der Waals surface area (Å²) in [4.78, 5) is 11.0. The van der Waals surface area contributed by atoms with E-state index in [4.69, 9.17) is 0 Å². The Kier molecular flexibility index (Phi) is 2.08. The predicted octanol–water partition coefficient (Wildman–Crippen LogP) is 2.51. The Morgan fingerprint density at radius 1 is 1.27 bits per heavy atom. The van der Waals surface area contributed by atoms with E-state index in [0.29, 0.717) is 0 Å². The molecule has 0 heterocycles. The zero-order valence-corrected chi connectivity index (χ0v) is 7.14. The molecule has 1 aromatic rings. The van der Waals surface area contributed by atoms with E-state index in [1.165, 1.54) is 5.56 Å². The number of rotatable bonds is 1. The first-order valence-corrected chi connectivity index (χ1v) is 3.70. The van der Waals surface area contributed by atoms with E-state index in [-0.39, 0.29) is 5.78 Å². The van der Waals surface area contributed by atoms with Crippen molar-refractivity contribution >= 4 is 5.78 Å². The van der Waals surface area contributed by atoms with Gasteiger partial charge in [-0.3, -0.25) is 4.79 Å². The van der Waals surface area contributed by atoms with Crippen LogP contribution in [0.25, 0.3) is 0 Å². The highest BCUT2D eigenvalue weighted by atomic mass is 16.1. The molecule has 0 aliphatic rings. The van der Waals surface area contributed by atoms with Crippen molar-refractivity contribution in [1.29, 1.82) is 0 Å². The molecule has 0 aliphatic heterocycles. The van der Waals surface area contributed by atoms with E-state index >= 15 is 0 Å². The first-order chi connectivity index (χ1) is 5.13. The minimum absolute atomic E-state index is 0.145. The summed E-state index contributed by atoms with van der Waals surface area (Å²) in [5.74, 6) is 0.145. The summed E-state index contributed by atoms with van der Waals surface area (Å²) in [7, 11) is 0. The molecule has 0 N–H and O–H groups in total. The fraction of sp³-hybridized carbons (Fsp3) is 0.300. The molecule has 0 radical (unpaired) electrons. The van der Waals surface area contributed by atoms with E-state index in [9.17, 15) is 4.79 Å². The van der Waals surface area contributed by atoms with Gasteiger partial charge in [0.2, 0.25) is 0 Å². The topological polar surface area (TPSA) is 17.1 Å². The summed E-state index contributed by atoms with van der Waals surface area (Å²) in [5.41, 5.74) is 3.11. The molecule has 1 heteroatoms. The highest BCUT2D eigenvalue weighted by Gasteiger charge is 2.03. The molecule has 0 aromatic heterocycles. The second-order valence-electron chi connectivity index (χ2n) is 2.80. The van der Waals surface area contributed by atoms with Crippen molar-refractivity contribution in [3.63, 3.8) is 0 Å². The van der Waals surface area contributed by atoms with Crippen LogP contribution in [0.1, 0.15) is 28.4 Å². The van der Waals surface area contributed by atoms with Crippen LogP contribution in [-0.4, -0.2) is 5.78 Å². The first-order valence-electron chi connectivity index (χ1n) is 3.70. The predicted molar refractivity (Wildman–Crippen MR) is 45.9 cm³/mol. The average Bonchev–Trinajstić information content (AvgIpc) is 1.94. The molecule has 0 unspecified atom stereocenters. The van der Waals surface area contributed by atoms with Crippen LogP contribution in [0.5, 0.6) is 0 Å². The summed E-state index contributed by atoms with van der Waals surface area (Å²) in [6, 6.07) is 5.80. The van der Waals surface area contributed by atoms with Gasteiger partial charge >= 0.3 is 0 Å². The van der Waals surface area contributed by atoms with Crippen LogP contribution >= 0.6 is 0 Å².